The Kier molecular flexibility index (Phi) is 1.86. The maximum Gasteiger partial charge on any atom is 0.133 e. The smallest absolute Gasteiger partial charge is 0.133 e. The van der Waals surface area contributed by atoms with Gasteiger partial charge in [-0.05, 0) is 6.92 Å². The molecule has 0 aliphatic rings. The van der Waals surface area contributed by atoms with E-state index < -0.39 is 5.72 Å². The molecule has 0 spiro atoms. The van der Waals surface area contributed by atoms with Gasteiger partial charge < -0.3 is 10.8 Å². The molecule has 0 aromatic rings. The van der Waals surface area contributed by atoms with Crippen LogP contribution in [0, 0.1) is 4.91 Å². The van der Waals surface area contributed by atoms with Crippen LogP contribution >= 0.6 is 0 Å². The maximum atomic E-state index is 9.33. The third kappa shape index (κ3) is 5.52. The van der Waals surface area contributed by atoms with Crippen molar-refractivity contribution in [1.29, 1.82) is 0 Å². The predicted molar refractivity (Wildman–Crippen MR) is 25.5 cm³/mol. The highest BCUT2D eigenvalue weighted by Gasteiger charge is 2.11. The molecule has 0 fully saturated rings. The molecule has 0 bridgehead atoms. The van der Waals surface area contributed by atoms with Crippen molar-refractivity contribution in [1.82, 2.24) is 0 Å². The van der Waals surface area contributed by atoms with E-state index in [0.29, 0.717) is 0 Å². The second-order valence-corrected chi connectivity index (χ2v) is 1.64. The lowest BCUT2D eigenvalue weighted by atomic mass is 10.3. The third-order valence-corrected chi connectivity index (χ3v) is 0.385. The summed E-state index contributed by atoms with van der Waals surface area (Å²) >= 11 is 0. The molecule has 0 rings (SSSR count). The minimum atomic E-state index is -1.43. The van der Waals surface area contributed by atoms with E-state index in [2.05, 4.69) is 5.18 Å². The first kappa shape index (κ1) is 6.52. The van der Waals surface area contributed by atoms with Crippen LogP contribution in [-0.4, -0.2) is 17.4 Å². The van der Waals surface area contributed by atoms with Gasteiger partial charge in [-0.15, -0.1) is 0 Å². The van der Waals surface area contributed by atoms with Crippen LogP contribution in [-0.2, 0) is 0 Å². The molecule has 0 aliphatic heterocycles. The summed E-state index contributed by atoms with van der Waals surface area (Å²) in [6.45, 7) is 1.06. The first-order chi connectivity index (χ1) is 3.06. The summed E-state index contributed by atoms with van der Waals surface area (Å²) in [6.07, 6.45) is 0. The molecule has 4 nitrogen and oxygen atoms in total. The fourth-order valence-corrected chi connectivity index (χ4v) is 0.131. The van der Waals surface area contributed by atoms with E-state index in [9.17, 15) is 4.91 Å². The Morgan fingerprint density at radius 1 is 2.00 bits per heavy atom. The Labute approximate surface area is 41.3 Å². The fourth-order valence-electron chi connectivity index (χ4n) is 0.131. The minimum Gasteiger partial charge on any atom is -0.374 e. The van der Waals surface area contributed by atoms with Gasteiger partial charge in [0.2, 0.25) is 0 Å². The standard InChI is InChI=1S/C3H8N2O2/c1-3(4,6)2-5-7/h6H,2,4H2,1H3. The summed E-state index contributed by atoms with van der Waals surface area (Å²) in [5, 5.41) is 10.9. The van der Waals surface area contributed by atoms with Gasteiger partial charge >= 0.3 is 0 Å². The average molecular weight is 104 g/mol. The quantitative estimate of drug-likeness (QED) is 0.363. The Bertz CT molecular complexity index is 65.8. The molecule has 0 amide bonds. The van der Waals surface area contributed by atoms with Gasteiger partial charge in [0, 0.05) is 0 Å². The monoisotopic (exact) mass is 104 g/mol. The van der Waals surface area contributed by atoms with Crippen LogP contribution in [0.4, 0.5) is 0 Å². The first-order valence-electron chi connectivity index (χ1n) is 1.86. The zero-order valence-electron chi connectivity index (χ0n) is 4.09. The third-order valence-electron chi connectivity index (χ3n) is 0.385. The summed E-state index contributed by atoms with van der Waals surface area (Å²) in [6, 6.07) is 0. The molecule has 0 aromatic heterocycles. The van der Waals surface area contributed by atoms with Crippen molar-refractivity contribution in [2.75, 3.05) is 6.54 Å². The summed E-state index contributed by atoms with van der Waals surface area (Å²) in [5.74, 6) is 0. The summed E-state index contributed by atoms with van der Waals surface area (Å²) < 4.78 is 0. The zero-order chi connectivity index (χ0) is 5.91. The average Bonchev–Trinajstić information content (AvgIpc) is 1.30. The van der Waals surface area contributed by atoms with Gasteiger partial charge in [-0.25, -0.2) is 0 Å². The van der Waals surface area contributed by atoms with Crippen molar-refractivity contribution in [3.05, 3.63) is 4.91 Å². The molecular weight excluding hydrogens is 96.0 g/mol. The minimum absolute atomic E-state index is 0.257. The summed E-state index contributed by atoms with van der Waals surface area (Å²) in [7, 11) is 0. The van der Waals surface area contributed by atoms with Gasteiger partial charge in [-0.3, -0.25) is 0 Å². The molecule has 0 saturated heterocycles. The lowest BCUT2D eigenvalue weighted by Gasteiger charge is -2.09. The van der Waals surface area contributed by atoms with Crippen LogP contribution in [0.2, 0.25) is 0 Å². The number of nitrogens with two attached hydrogens (primary N) is 1. The molecule has 1 unspecified atom stereocenters. The summed E-state index contributed by atoms with van der Waals surface area (Å²) in [5.41, 5.74) is 3.48. The Morgan fingerprint density at radius 3 is 2.43 bits per heavy atom. The van der Waals surface area contributed by atoms with Crippen molar-refractivity contribution in [2.24, 2.45) is 10.9 Å². The molecule has 0 aliphatic carbocycles. The van der Waals surface area contributed by atoms with E-state index in [1.165, 1.54) is 6.92 Å². The molecule has 0 heterocycles. The van der Waals surface area contributed by atoms with Crippen LogP contribution < -0.4 is 5.73 Å². The van der Waals surface area contributed by atoms with Gasteiger partial charge in [0.25, 0.3) is 0 Å². The van der Waals surface area contributed by atoms with E-state index >= 15 is 0 Å². The number of hydrogen-bond donors (Lipinski definition) is 2. The SMILES string of the molecule is CC(N)(O)CN=O. The van der Waals surface area contributed by atoms with E-state index in [1.807, 2.05) is 0 Å². The maximum absolute atomic E-state index is 9.33. The highest BCUT2D eigenvalue weighted by atomic mass is 16.3. The normalized spacial score (nSPS) is 18.1. The van der Waals surface area contributed by atoms with E-state index in [0.717, 1.165) is 0 Å². The molecule has 4 heteroatoms. The number of nitroso groups, excluding NO2 is 1. The molecule has 3 N–H and O–H groups in total. The van der Waals surface area contributed by atoms with Crippen LogP contribution in [0.15, 0.2) is 5.18 Å². The van der Waals surface area contributed by atoms with Crippen molar-refractivity contribution >= 4 is 0 Å². The lowest BCUT2D eigenvalue weighted by Crippen LogP contribution is -2.38. The van der Waals surface area contributed by atoms with Crippen molar-refractivity contribution < 1.29 is 5.11 Å². The Hall–Kier alpha value is -0.480. The van der Waals surface area contributed by atoms with Gasteiger partial charge in [0.05, 0.1) is 0 Å². The number of aliphatic hydroxyl groups is 1. The van der Waals surface area contributed by atoms with Gasteiger partial charge in [0.15, 0.2) is 0 Å². The number of rotatable bonds is 2. The van der Waals surface area contributed by atoms with Gasteiger partial charge in [-0.2, -0.15) is 4.91 Å². The predicted octanol–water partition coefficient (Wildman–Crippen LogP) is -0.580. The molecule has 1 atom stereocenters. The van der Waals surface area contributed by atoms with Crippen molar-refractivity contribution in [3.63, 3.8) is 0 Å². The fraction of sp³-hybridized carbons (Fsp3) is 1.00. The number of hydrogen-bond acceptors (Lipinski definition) is 4. The number of nitrogens with zero attached hydrogens (tertiary/aromatic N) is 1. The topological polar surface area (TPSA) is 75.7 Å². The molecule has 0 radical (unpaired) electrons. The molecule has 42 valence electrons. The van der Waals surface area contributed by atoms with E-state index in [1.54, 1.807) is 0 Å². The second kappa shape index (κ2) is 1.99. The second-order valence-electron chi connectivity index (χ2n) is 1.64. The van der Waals surface area contributed by atoms with Gasteiger partial charge in [0.1, 0.15) is 12.3 Å². The van der Waals surface area contributed by atoms with Crippen LogP contribution in [0.3, 0.4) is 0 Å². The molecule has 0 saturated carbocycles. The van der Waals surface area contributed by atoms with Crippen molar-refractivity contribution in [3.8, 4) is 0 Å². The van der Waals surface area contributed by atoms with E-state index in [-0.39, 0.29) is 6.54 Å². The van der Waals surface area contributed by atoms with Crippen LogP contribution in [0.1, 0.15) is 6.92 Å². The van der Waals surface area contributed by atoms with E-state index in [4.69, 9.17) is 10.8 Å². The highest BCUT2D eigenvalue weighted by molar-refractivity contribution is 4.64. The van der Waals surface area contributed by atoms with Crippen LogP contribution in [0.5, 0.6) is 0 Å². The zero-order valence-corrected chi connectivity index (χ0v) is 4.09. The molecule has 7 heavy (non-hydrogen) atoms. The Balaban J connectivity index is 3.34. The highest BCUT2D eigenvalue weighted by Crippen LogP contribution is 1.89. The summed E-state index contributed by atoms with van der Waals surface area (Å²) in [4.78, 5) is 9.33. The molecule has 0 aromatic carbocycles. The van der Waals surface area contributed by atoms with Gasteiger partial charge in [-0.1, -0.05) is 5.18 Å². The van der Waals surface area contributed by atoms with Crippen molar-refractivity contribution in [2.45, 2.75) is 12.6 Å². The lowest BCUT2D eigenvalue weighted by molar-refractivity contribution is 0.0768. The van der Waals surface area contributed by atoms with Crippen LogP contribution in [0.25, 0.3) is 0 Å². The Morgan fingerprint density at radius 2 is 2.43 bits per heavy atom. The first-order valence-corrected chi connectivity index (χ1v) is 1.86. The largest absolute Gasteiger partial charge is 0.374 e. The molecular formula is C3H8N2O2.